The lowest BCUT2D eigenvalue weighted by atomic mass is 9.72. The molecule has 3 aliphatic rings. The number of likely N-dealkylation sites (tertiary alicyclic amines) is 2. The van der Waals surface area contributed by atoms with Gasteiger partial charge in [0.15, 0.2) is 0 Å². The maximum absolute atomic E-state index is 12.3. The van der Waals surface area contributed by atoms with Gasteiger partial charge in [-0.3, -0.25) is 0 Å². The van der Waals surface area contributed by atoms with E-state index in [0.717, 1.165) is 31.8 Å². The van der Waals surface area contributed by atoms with Crippen molar-refractivity contribution >= 4 is 6.09 Å². The van der Waals surface area contributed by atoms with Crippen molar-refractivity contribution in [2.75, 3.05) is 45.8 Å². The highest BCUT2D eigenvalue weighted by Crippen LogP contribution is 2.40. The monoisotopic (exact) mass is 351 g/mol. The van der Waals surface area contributed by atoms with Gasteiger partial charge >= 0.3 is 6.09 Å². The Morgan fingerprint density at radius 1 is 1.12 bits per heavy atom. The predicted octanol–water partition coefficient (Wildman–Crippen LogP) is 3.10. The molecule has 0 saturated carbocycles. The number of hydrogen-bond donors (Lipinski definition) is 1. The highest BCUT2D eigenvalue weighted by Gasteiger charge is 2.40. The van der Waals surface area contributed by atoms with Gasteiger partial charge in [0.2, 0.25) is 0 Å². The van der Waals surface area contributed by atoms with E-state index in [-0.39, 0.29) is 6.09 Å². The summed E-state index contributed by atoms with van der Waals surface area (Å²) in [6.07, 6.45) is 7.44. The van der Waals surface area contributed by atoms with Crippen LogP contribution in [0.5, 0.6) is 0 Å². The summed E-state index contributed by atoms with van der Waals surface area (Å²) in [4.78, 5) is 16.9. The van der Waals surface area contributed by atoms with E-state index in [1.54, 1.807) is 0 Å². The largest absolute Gasteiger partial charge is 0.444 e. The fourth-order valence-corrected chi connectivity index (χ4v) is 4.79. The van der Waals surface area contributed by atoms with E-state index in [0.29, 0.717) is 5.41 Å². The van der Waals surface area contributed by atoms with Gasteiger partial charge in [-0.1, -0.05) is 0 Å². The zero-order chi connectivity index (χ0) is 17.9. The minimum atomic E-state index is -0.400. The molecule has 144 valence electrons. The maximum atomic E-state index is 12.3. The number of hydrogen-bond acceptors (Lipinski definition) is 4. The van der Waals surface area contributed by atoms with Crippen LogP contribution in [0.15, 0.2) is 0 Å². The summed E-state index contributed by atoms with van der Waals surface area (Å²) >= 11 is 0. The number of rotatable bonds is 2. The van der Waals surface area contributed by atoms with Gasteiger partial charge in [-0.15, -0.1) is 0 Å². The molecular weight excluding hydrogens is 314 g/mol. The Balaban J connectivity index is 1.49. The molecule has 3 fully saturated rings. The average Bonchev–Trinajstić information content (AvgIpc) is 2.55. The van der Waals surface area contributed by atoms with E-state index in [1.807, 2.05) is 25.7 Å². The van der Waals surface area contributed by atoms with Gasteiger partial charge in [0.1, 0.15) is 5.60 Å². The molecule has 0 aromatic heterocycles. The van der Waals surface area contributed by atoms with Crippen molar-refractivity contribution in [3.8, 4) is 0 Å². The molecule has 25 heavy (non-hydrogen) atoms. The number of nitrogens with zero attached hydrogens (tertiary/aromatic N) is 2. The minimum absolute atomic E-state index is 0.135. The zero-order valence-electron chi connectivity index (χ0n) is 16.5. The highest BCUT2D eigenvalue weighted by molar-refractivity contribution is 5.68. The molecule has 0 unspecified atom stereocenters. The highest BCUT2D eigenvalue weighted by atomic mass is 16.6. The van der Waals surface area contributed by atoms with Crippen LogP contribution in [0.1, 0.15) is 59.3 Å². The molecule has 0 aromatic rings. The molecule has 3 aliphatic heterocycles. The number of piperidine rings is 3. The molecule has 1 amide bonds. The first-order chi connectivity index (χ1) is 11.9. The van der Waals surface area contributed by atoms with Crippen LogP contribution in [0.4, 0.5) is 4.79 Å². The van der Waals surface area contributed by atoms with Gasteiger partial charge in [0.25, 0.3) is 0 Å². The Morgan fingerprint density at radius 3 is 2.44 bits per heavy atom. The minimum Gasteiger partial charge on any atom is -0.444 e. The molecule has 3 rings (SSSR count). The van der Waals surface area contributed by atoms with Crippen LogP contribution >= 0.6 is 0 Å². The van der Waals surface area contributed by atoms with Gasteiger partial charge in [-0.25, -0.2) is 4.79 Å². The van der Waals surface area contributed by atoms with Crippen molar-refractivity contribution in [2.24, 2.45) is 11.3 Å². The second-order valence-electron chi connectivity index (χ2n) is 9.50. The van der Waals surface area contributed by atoms with E-state index < -0.39 is 5.60 Å². The normalized spacial score (nSPS) is 26.0. The van der Waals surface area contributed by atoms with Crippen molar-refractivity contribution in [1.82, 2.24) is 15.1 Å². The fraction of sp³-hybridized carbons (Fsp3) is 0.950. The van der Waals surface area contributed by atoms with Crippen LogP contribution in [-0.2, 0) is 4.74 Å². The molecule has 0 radical (unpaired) electrons. The number of carbonyl (C=O) groups is 1. The van der Waals surface area contributed by atoms with E-state index in [9.17, 15) is 4.79 Å². The fourth-order valence-electron chi connectivity index (χ4n) is 4.79. The molecule has 0 atom stereocenters. The van der Waals surface area contributed by atoms with Crippen LogP contribution in [0.25, 0.3) is 0 Å². The molecule has 0 aromatic carbocycles. The van der Waals surface area contributed by atoms with Gasteiger partial charge in [-0.05, 0) is 90.3 Å². The van der Waals surface area contributed by atoms with Crippen LogP contribution in [-0.4, -0.2) is 67.3 Å². The van der Waals surface area contributed by atoms with Gasteiger partial charge in [-0.2, -0.15) is 0 Å². The molecule has 1 N–H and O–H groups in total. The number of amides is 1. The Kier molecular flexibility index (Phi) is 5.94. The standard InChI is InChI=1S/C20H37N3O2/c1-19(2,3)25-18(24)23-13-8-20(9-14-23)7-4-12-22(16-20)15-17-5-10-21-11-6-17/h17,21H,4-16H2,1-3H3. The molecule has 5 nitrogen and oxygen atoms in total. The van der Waals surface area contributed by atoms with Crippen molar-refractivity contribution < 1.29 is 9.53 Å². The van der Waals surface area contributed by atoms with Crippen LogP contribution in [0, 0.1) is 11.3 Å². The summed E-state index contributed by atoms with van der Waals surface area (Å²) < 4.78 is 5.55. The second kappa shape index (κ2) is 7.83. The first-order valence-corrected chi connectivity index (χ1v) is 10.3. The summed E-state index contributed by atoms with van der Waals surface area (Å²) in [5, 5.41) is 3.47. The zero-order valence-corrected chi connectivity index (χ0v) is 16.5. The average molecular weight is 352 g/mol. The van der Waals surface area contributed by atoms with E-state index in [1.165, 1.54) is 58.4 Å². The molecule has 1 spiro atoms. The summed E-state index contributed by atoms with van der Waals surface area (Å²) in [5.41, 5.74) is 0.0341. The lowest BCUT2D eigenvalue weighted by molar-refractivity contribution is -0.00886. The Morgan fingerprint density at radius 2 is 1.80 bits per heavy atom. The quantitative estimate of drug-likeness (QED) is 0.830. The van der Waals surface area contributed by atoms with Crippen molar-refractivity contribution in [2.45, 2.75) is 64.9 Å². The lowest BCUT2D eigenvalue weighted by Gasteiger charge is -2.48. The third-order valence-electron chi connectivity index (χ3n) is 6.19. The van der Waals surface area contributed by atoms with Crippen LogP contribution < -0.4 is 5.32 Å². The number of nitrogens with one attached hydrogen (secondary N) is 1. The van der Waals surface area contributed by atoms with Gasteiger partial charge in [0.05, 0.1) is 0 Å². The third kappa shape index (κ3) is 5.33. The second-order valence-corrected chi connectivity index (χ2v) is 9.50. The van der Waals surface area contributed by atoms with Crippen molar-refractivity contribution in [3.63, 3.8) is 0 Å². The van der Waals surface area contributed by atoms with Gasteiger partial charge in [0, 0.05) is 26.2 Å². The number of carbonyl (C=O) groups excluding carboxylic acids is 1. The third-order valence-corrected chi connectivity index (χ3v) is 6.19. The lowest BCUT2D eigenvalue weighted by Crippen LogP contribution is -2.52. The first kappa shape index (κ1) is 19.0. The predicted molar refractivity (Wildman–Crippen MR) is 101 cm³/mol. The van der Waals surface area contributed by atoms with Crippen LogP contribution in [0.2, 0.25) is 0 Å². The van der Waals surface area contributed by atoms with E-state index >= 15 is 0 Å². The molecule has 3 saturated heterocycles. The Bertz CT molecular complexity index is 446. The number of ether oxygens (including phenoxy) is 1. The topological polar surface area (TPSA) is 44.8 Å². The summed E-state index contributed by atoms with van der Waals surface area (Å²) in [5.74, 6) is 0.873. The molecule has 3 heterocycles. The first-order valence-electron chi connectivity index (χ1n) is 10.3. The smallest absolute Gasteiger partial charge is 0.410 e. The molecule has 0 aliphatic carbocycles. The van der Waals surface area contributed by atoms with Crippen molar-refractivity contribution in [3.05, 3.63) is 0 Å². The SMILES string of the molecule is CC(C)(C)OC(=O)N1CCC2(CCCN(CC3CCNCC3)C2)CC1. The van der Waals surface area contributed by atoms with Crippen LogP contribution in [0.3, 0.4) is 0 Å². The van der Waals surface area contributed by atoms with Crippen molar-refractivity contribution in [1.29, 1.82) is 0 Å². The molecular formula is C20H37N3O2. The Hall–Kier alpha value is -0.810. The van der Waals surface area contributed by atoms with E-state index in [4.69, 9.17) is 4.74 Å². The summed E-state index contributed by atoms with van der Waals surface area (Å²) in [6, 6.07) is 0. The molecule has 0 bridgehead atoms. The Labute approximate surface area is 153 Å². The summed E-state index contributed by atoms with van der Waals surface area (Å²) in [6.45, 7) is 13.7. The van der Waals surface area contributed by atoms with E-state index in [2.05, 4.69) is 10.2 Å². The molecule has 5 heteroatoms. The summed E-state index contributed by atoms with van der Waals surface area (Å²) in [7, 11) is 0. The maximum Gasteiger partial charge on any atom is 0.410 e. The van der Waals surface area contributed by atoms with Gasteiger partial charge < -0.3 is 19.9 Å².